The van der Waals surface area contributed by atoms with E-state index in [9.17, 15) is 0 Å². The molecule has 0 aliphatic rings. The van der Waals surface area contributed by atoms with Crippen molar-refractivity contribution in [1.82, 2.24) is 0 Å². The van der Waals surface area contributed by atoms with E-state index in [0.29, 0.717) is 6.61 Å². The molecule has 0 spiro atoms. The van der Waals surface area contributed by atoms with Crippen LogP contribution in [0.4, 0.5) is 0 Å². The van der Waals surface area contributed by atoms with Crippen molar-refractivity contribution in [2.75, 3.05) is 6.61 Å². The highest BCUT2D eigenvalue weighted by Gasteiger charge is 1.90. The van der Waals surface area contributed by atoms with Gasteiger partial charge >= 0.3 is 0 Å². The number of hydrogen-bond acceptors (Lipinski definition) is 1. The second-order valence-corrected chi connectivity index (χ2v) is 4.33. The van der Waals surface area contributed by atoms with Crippen molar-refractivity contribution in [1.29, 1.82) is 0 Å². The zero-order valence-electron chi connectivity index (χ0n) is 11.3. The van der Waals surface area contributed by atoms with Crippen LogP contribution in [-0.4, -0.2) is 11.7 Å². The van der Waals surface area contributed by atoms with Crippen molar-refractivity contribution in [3.8, 4) is 0 Å². The van der Waals surface area contributed by atoms with Gasteiger partial charge in [0.15, 0.2) is 0 Å². The number of aliphatic hydroxyl groups excluding tert-OH is 1. The van der Waals surface area contributed by atoms with Gasteiger partial charge in [0.1, 0.15) is 0 Å². The molecule has 17 heavy (non-hydrogen) atoms. The highest BCUT2D eigenvalue weighted by Crippen LogP contribution is 2.08. The maximum Gasteiger partial charge on any atom is 0.0431 e. The van der Waals surface area contributed by atoms with Gasteiger partial charge in [-0.3, -0.25) is 0 Å². The van der Waals surface area contributed by atoms with Gasteiger partial charge in [-0.15, -0.1) is 0 Å². The fourth-order valence-electron chi connectivity index (χ4n) is 1.67. The zero-order chi connectivity index (χ0) is 12.6. The van der Waals surface area contributed by atoms with Crippen LogP contribution >= 0.6 is 0 Å². The first kappa shape index (κ1) is 16.2. The number of unbranched alkanes of at least 4 members (excludes halogenated alkanes) is 7. The predicted octanol–water partition coefficient (Wildman–Crippen LogP) is 4.79. The molecule has 0 rings (SSSR count). The Bertz CT molecular complexity index is 214. The fraction of sp³-hybridized carbons (Fsp3) is 0.625. The Labute approximate surface area is 107 Å². The van der Waals surface area contributed by atoms with Crippen molar-refractivity contribution in [3.05, 3.63) is 36.5 Å². The quantitative estimate of drug-likeness (QED) is 0.404. The van der Waals surface area contributed by atoms with E-state index in [1.54, 1.807) is 0 Å². The molecule has 0 unspecified atom stereocenters. The lowest BCUT2D eigenvalue weighted by atomic mass is 10.1. The Kier molecular flexibility index (Phi) is 14.4. The smallest absolute Gasteiger partial charge is 0.0431 e. The number of aliphatic hydroxyl groups is 1. The van der Waals surface area contributed by atoms with E-state index in [2.05, 4.69) is 24.3 Å². The molecule has 1 N–H and O–H groups in total. The SMILES string of the molecule is C\C=C/C=C/C=C/CCCCCCCCCO. The van der Waals surface area contributed by atoms with Crippen LogP contribution in [0, 0.1) is 0 Å². The zero-order valence-corrected chi connectivity index (χ0v) is 11.3. The molecular weight excluding hydrogens is 208 g/mol. The maximum absolute atomic E-state index is 8.63. The first-order chi connectivity index (χ1) is 8.41. The lowest BCUT2D eigenvalue weighted by Crippen LogP contribution is -1.83. The lowest BCUT2D eigenvalue weighted by molar-refractivity contribution is 0.282. The Morgan fingerprint density at radius 3 is 1.94 bits per heavy atom. The van der Waals surface area contributed by atoms with Crippen molar-refractivity contribution in [2.45, 2.75) is 58.3 Å². The molecule has 1 nitrogen and oxygen atoms in total. The number of hydrogen-bond donors (Lipinski definition) is 1. The molecular formula is C16H28O. The third kappa shape index (κ3) is 15.2. The summed E-state index contributed by atoms with van der Waals surface area (Å²) in [4.78, 5) is 0. The van der Waals surface area contributed by atoms with E-state index in [0.717, 1.165) is 6.42 Å². The largest absolute Gasteiger partial charge is 0.396 e. The summed E-state index contributed by atoms with van der Waals surface area (Å²) >= 11 is 0. The van der Waals surface area contributed by atoms with E-state index in [-0.39, 0.29) is 0 Å². The van der Waals surface area contributed by atoms with Crippen LogP contribution in [-0.2, 0) is 0 Å². The maximum atomic E-state index is 8.63. The lowest BCUT2D eigenvalue weighted by Gasteiger charge is -1.99. The minimum absolute atomic E-state index is 0.353. The number of rotatable bonds is 11. The molecule has 0 amide bonds. The average molecular weight is 236 g/mol. The Morgan fingerprint density at radius 2 is 1.29 bits per heavy atom. The monoisotopic (exact) mass is 236 g/mol. The molecule has 0 saturated carbocycles. The van der Waals surface area contributed by atoms with Crippen molar-refractivity contribution < 1.29 is 5.11 Å². The van der Waals surface area contributed by atoms with E-state index < -0.39 is 0 Å². The van der Waals surface area contributed by atoms with E-state index in [1.165, 1.54) is 44.9 Å². The fourth-order valence-corrected chi connectivity index (χ4v) is 1.67. The molecule has 0 aliphatic carbocycles. The van der Waals surface area contributed by atoms with Crippen LogP contribution in [0.15, 0.2) is 36.5 Å². The molecule has 1 heteroatoms. The molecule has 0 bridgehead atoms. The summed E-state index contributed by atoms with van der Waals surface area (Å²) in [5, 5.41) is 8.63. The highest BCUT2D eigenvalue weighted by atomic mass is 16.2. The Morgan fingerprint density at radius 1 is 0.706 bits per heavy atom. The van der Waals surface area contributed by atoms with Gasteiger partial charge in [-0.05, 0) is 26.2 Å². The van der Waals surface area contributed by atoms with Gasteiger partial charge in [0.25, 0.3) is 0 Å². The topological polar surface area (TPSA) is 20.2 Å². The molecule has 0 atom stereocenters. The van der Waals surface area contributed by atoms with Gasteiger partial charge in [0, 0.05) is 6.61 Å². The number of allylic oxidation sites excluding steroid dienone is 6. The minimum Gasteiger partial charge on any atom is -0.396 e. The van der Waals surface area contributed by atoms with E-state index >= 15 is 0 Å². The predicted molar refractivity (Wildman–Crippen MR) is 77.1 cm³/mol. The summed E-state index contributed by atoms with van der Waals surface area (Å²) in [6.45, 7) is 2.38. The first-order valence-electron chi connectivity index (χ1n) is 6.97. The molecule has 0 aromatic rings. The van der Waals surface area contributed by atoms with Gasteiger partial charge in [-0.2, -0.15) is 0 Å². The molecule has 0 fully saturated rings. The van der Waals surface area contributed by atoms with Crippen molar-refractivity contribution in [2.24, 2.45) is 0 Å². The molecule has 98 valence electrons. The third-order valence-electron chi connectivity index (χ3n) is 2.69. The third-order valence-corrected chi connectivity index (χ3v) is 2.69. The summed E-state index contributed by atoms with van der Waals surface area (Å²) in [5.74, 6) is 0. The van der Waals surface area contributed by atoms with Crippen LogP contribution < -0.4 is 0 Å². The standard InChI is InChI=1S/C16H28O/c1-2-3-4-5-6-7-8-9-10-11-12-13-14-15-16-17/h2-7,17H,8-16H2,1H3/b3-2-,5-4+,7-6+. The second-order valence-electron chi connectivity index (χ2n) is 4.33. The van der Waals surface area contributed by atoms with Crippen LogP contribution in [0.3, 0.4) is 0 Å². The summed E-state index contributed by atoms with van der Waals surface area (Å²) in [5.41, 5.74) is 0. The van der Waals surface area contributed by atoms with Crippen LogP contribution in [0.1, 0.15) is 58.3 Å². The summed E-state index contributed by atoms with van der Waals surface area (Å²) in [6.07, 6.45) is 22.5. The van der Waals surface area contributed by atoms with Gasteiger partial charge < -0.3 is 5.11 Å². The normalized spacial score (nSPS) is 12.4. The Hall–Kier alpha value is -0.820. The van der Waals surface area contributed by atoms with Gasteiger partial charge in [-0.1, -0.05) is 68.6 Å². The highest BCUT2D eigenvalue weighted by molar-refractivity contribution is 5.10. The minimum atomic E-state index is 0.353. The van der Waals surface area contributed by atoms with Crippen molar-refractivity contribution >= 4 is 0 Å². The molecule has 0 heterocycles. The van der Waals surface area contributed by atoms with Crippen molar-refractivity contribution in [3.63, 3.8) is 0 Å². The Balaban J connectivity index is 3.12. The van der Waals surface area contributed by atoms with Gasteiger partial charge in [0.05, 0.1) is 0 Å². The molecule has 0 aromatic heterocycles. The average Bonchev–Trinajstić information content (AvgIpc) is 2.35. The summed E-state index contributed by atoms with van der Waals surface area (Å²) in [7, 11) is 0. The van der Waals surface area contributed by atoms with E-state index in [1.807, 2.05) is 19.1 Å². The van der Waals surface area contributed by atoms with Crippen LogP contribution in [0.5, 0.6) is 0 Å². The molecule has 0 aliphatic heterocycles. The molecule has 0 aromatic carbocycles. The van der Waals surface area contributed by atoms with E-state index in [4.69, 9.17) is 5.11 Å². The van der Waals surface area contributed by atoms with Gasteiger partial charge in [-0.25, -0.2) is 0 Å². The summed E-state index contributed by atoms with van der Waals surface area (Å²) < 4.78 is 0. The second kappa shape index (κ2) is 15.2. The van der Waals surface area contributed by atoms with Crippen LogP contribution in [0.25, 0.3) is 0 Å². The van der Waals surface area contributed by atoms with Gasteiger partial charge in [0.2, 0.25) is 0 Å². The van der Waals surface area contributed by atoms with Crippen LogP contribution in [0.2, 0.25) is 0 Å². The summed E-state index contributed by atoms with van der Waals surface area (Å²) in [6, 6.07) is 0. The molecule has 0 radical (unpaired) electrons. The molecule has 0 saturated heterocycles. The first-order valence-corrected chi connectivity index (χ1v) is 6.97.